The lowest BCUT2D eigenvalue weighted by molar-refractivity contribution is 0.690. The van der Waals surface area contributed by atoms with Crippen LogP contribution >= 0.6 is 55.4 Å². The fourth-order valence-electron chi connectivity index (χ4n) is 2.53. The summed E-state index contributed by atoms with van der Waals surface area (Å²) in [6.45, 7) is 0. The molecule has 1 aliphatic rings. The summed E-state index contributed by atoms with van der Waals surface area (Å²) in [5.41, 5.74) is 1.22. The largest absolute Gasteiger partial charge is 0.341 e. The Kier molecular flexibility index (Phi) is 4.22. The summed E-state index contributed by atoms with van der Waals surface area (Å²) in [5, 5.41) is 0. The second-order valence-corrected chi connectivity index (χ2v) is 8.35. The zero-order chi connectivity index (χ0) is 13.4. The van der Waals surface area contributed by atoms with Crippen LogP contribution in [0.25, 0.3) is 10.7 Å². The smallest absolute Gasteiger partial charge is 0.149 e. The molecule has 1 N–H and O–H groups in total. The minimum atomic E-state index is 0.584. The molecule has 0 saturated heterocycles. The molecular weight excluding hydrogens is 408 g/mol. The Morgan fingerprint density at radius 2 is 2.00 bits per heavy atom. The molecule has 2 aromatic heterocycles. The summed E-state index contributed by atoms with van der Waals surface area (Å²) in [4.78, 5) is 9.10. The summed E-state index contributed by atoms with van der Waals surface area (Å²) in [6.07, 6.45) is 5.09. The first-order valence-electron chi connectivity index (χ1n) is 6.20. The van der Waals surface area contributed by atoms with E-state index in [-0.39, 0.29) is 0 Å². The van der Waals surface area contributed by atoms with Crippen molar-refractivity contribution in [3.63, 3.8) is 0 Å². The number of aromatic nitrogens is 2. The molecule has 3 rings (SSSR count). The summed E-state index contributed by atoms with van der Waals surface area (Å²) in [6, 6.07) is 4.10. The molecule has 0 radical (unpaired) electrons. The Hall–Kier alpha value is -0.0400. The molecule has 1 aliphatic carbocycles. The normalized spacial score (nSPS) is 16.1. The van der Waals surface area contributed by atoms with E-state index >= 15 is 0 Å². The van der Waals surface area contributed by atoms with Gasteiger partial charge in [0.2, 0.25) is 0 Å². The molecule has 0 spiro atoms. The van der Waals surface area contributed by atoms with Crippen molar-refractivity contribution in [2.45, 2.75) is 31.6 Å². The summed E-state index contributed by atoms with van der Waals surface area (Å²) >= 11 is 14.1. The fourth-order valence-corrected chi connectivity index (χ4v) is 4.57. The van der Waals surface area contributed by atoms with Crippen molar-refractivity contribution in [1.29, 1.82) is 0 Å². The molecule has 0 amide bonds. The molecule has 0 bridgehead atoms. The van der Waals surface area contributed by atoms with Crippen LogP contribution in [-0.2, 0) is 0 Å². The summed E-state index contributed by atoms with van der Waals surface area (Å²) in [5.74, 6) is 1.46. The molecule has 2 heterocycles. The van der Waals surface area contributed by atoms with Crippen molar-refractivity contribution < 1.29 is 0 Å². The Morgan fingerprint density at radius 1 is 1.26 bits per heavy atom. The number of thiophene rings is 1. The Balaban J connectivity index is 2.09. The van der Waals surface area contributed by atoms with Crippen LogP contribution in [0.1, 0.15) is 37.3 Å². The predicted octanol–water partition coefficient (Wildman–Crippen LogP) is 6.05. The van der Waals surface area contributed by atoms with Crippen LogP contribution in [0.4, 0.5) is 0 Å². The lowest BCUT2D eigenvalue weighted by Crippen LogP contribution is -2.02. The van der Waals surface area contributed by atoms with Crippen LogP contribution in [0, 0.1) is 4.64 Å². The summed E-state index contributed by atoms with van der Waals surface area (Å²) in [7, 11) is 0. The van der Waals surface area contributed by atoms with Crippen molar-refractivity contribution in [3.05, 3.63) is 30.7 Å². The van der Waals surface area contributed by atoms with Crippen LogP contribution < -0.4 is 0 Å². The van der Waals surface area contributed by atoms with E-state index in [9.17, 15) is 0 Å². The van der Waals surface area contributed by atoms with Crippen LogP contribution in [0.3, 0.4) is 0 Å². The van der Waals surface area contributed by atoms with Gasteiger partial charge in [-0.3, -0.25) is 0 Å². The van der Waals surface area contributed by atoms with E-state index < -0.39 is 0 Å². The van der Waals surface area contributed by atoms with Gasteiger partial charge >= 0.3 is 0 Å². The highest BCUT2D eigenvalue weighted by Crippen LogP contribution is 2.38. The van der Waals surface area contributed by atoms with Gasteiger partial charge in [0.1, 0.15) is 10.5 Å². The monoisotopic (exact) mass is 418 g/mol. The van der Waals surface area contributed by atoms with E-state index in [0.29, 0.717) is 10.6 Å². The maximum atomic E-state index is 5.39. The topological polar surface area (TPSA) is 28.7 Å². The molecule has 0 aromatic carbocycles. The van der Waals surface area contributed by atoms with E-state index in [1.165, 1.54) is 31.4 Å². The van der Waals surface area contributed by atoms with Crippen molar-refractivity contribution in [1.82, 2.24) is 9.97 Å². The molecule has 100 valence electrons. The standard InChI is InChI=1S/C13H12Br2N2S2/c14-9-6-5-8(19-9)12-16-11(7-3-1-2-4-7)10(15)13(18)17-12/h5-7H,1-4H2,(H,16,17,18). The number of rotatable bonds is 2. The molecule has 0 unspecified atom stereocenters. The van der Waals surface area contributed by atoms with Crippen molar-refractivity contribution in [2.75, 3.05) is 0 Å². The van der Waals surface area contributed by atoms with E-state index in [1.54, 1.807) is 11.3 Å². The molecular formula is C13H12Br2N2S2. The van der Waals surface area contributed by atoms with E-state index in [2.05, 4.69) is 47.9 Å². The van der Waals surface area contributed by atoms with Gasteiger partial charge in [-0.25, -0.2) is 4.98 Å². The molecule has 0 aliphatic heterocycles. The van der Waals surface area contributed by atoms with Gasteiger partial charge in [-0.1, -0.05) is 25.1 Å². The van der Waals surface area contributed by atoms with Crippen molar-refractivity contribution in [2.24, 2.45) is 0 Å². The average Bonchev–Trinajstić information content (AvgIpc) is 3.03. The highest BCUT2D eigenvalue weighted by molar-refractivity contribution is 9.11. The third-order valence-corrected chi connectivity index (χ3v) is 6.45. The number of halogens is 2. The second-order valence-electron chi connectivity index (χ2n) is 4.70. The maximum absolute atomic E-state index is 5.39. The van der Waals surface area contributed by atoms with Gasteiger partial charge in [0.25, 0.3) is 0 Å². The van der Waals surface area contributed by atoms with E-state index in [0.717, 1.165) is 19.0 Å². The lowest BCUT2D eigenvalue weighted by atomic mass is 10.0. The highest BCUT2D eigenvalue weighted by atomic mass is 79.9. The van der Waals surface area contributed by atoms with Gasteiger partial charge < -0.3 is 4.98 Å². The quantitative estimate of drug-likeness (QED) is 0.600. The van der Waals surface area contributed by atoms with Crippen LogP contribution in [-0.4, -0.2) is 9.97 Å². The first-order chi connectivity index (χ1) is 9.15. The zero-order valence-corrected chi connectivity index (χ0v) is 14.9. The van der Waals surface area contributed by atoms with Gasteiger partial charge in [-0.2, -0.15) is 0 Å². The summed E-state index contributed by atoms with van der Waals surface area (Å²) < 4.78 is 2.72. The van der Waals surface area contributed by atoms with Crippen molar-refractivity contribution >= 4 is 55.4 Å². The van der Waals surface area contributed by atoms with E-state index in [1.807, 2.05) is 6.07 Å². The first kappa shape index (κ1) is 13.9. The second kappa shape index (κ2) is 5.76. The highest BCUT2D eigenvalue weighted by Gasteiger charge is 2.22. The Morgan fingerprint density at radius 3 is 2.63 bits per heavy atom. The number of hydrogen-bond donors (Lipinski definition) is 1. The predicted molar refractivity (Wildman–Crippen MR) is 89.3 cm³/mol. The third-order valence-electron chi connectivity index (χ3n) is 3.46. The lowest BCUT2D eigenvalue weighted by Gasteiger charge is -2.13. The minimum absolute atomic E-state index is 0.584. The maximum Gasteiger partial charge on any atom is 0.149 e. The number of nitrogens with one attached hydrogen (secondary N) is 1. The van der Waals surface area contributed by atoms with Gasteiger partial charge in [-0.05, 0) is 56.8 Å². The molecule has 19 heavy (non-hydrogen) atoms. The fraction of sp³-hybridized carbons (Fsp3) is 0.385. The van der Waals surface area contributed by atoms with Crippen LogP contribution in [0.2, 0.25) is 0 Å². The molecule has 2 nitrogen and oxygen atoms in total. The van der Waals surface area contributed by atoms with Gasteiger partial charge in [0, 0.05) is 11.6 Å². The number of nitrogens with zero attached hydrogens (tertiary/aromatic N) is 1. The van der Waals surface area contributed by atoms with Crippen molar-refractivity contribution in [3.8, 4) is 10.7 Å². The Labute approximate surface area is 137 Å². The van der Waals surface area contributed by atoms with E-state index in [4.69, 9.17) is 12.2 Å². The zero-order valence-electron chi connectivity index (χ0n) is 10.1. The van der Waals surface area contributed by atoms with Crippen LogP contribution in [0.5, 0.6) is 0 Å². The molecule has 0 atom stereocenters. The molecule has 1 fully saturated rings. The van der Waals surface area contributed by atoms with Gasteiger partial charge in [0.15, 0.2) is 0 Å². The molecule has 2 aromatic rings. The Bertz CT molecular complexity index is 657. The van der Waals surface area contributed by atoms with Gasteiger partial charge in [0.05, 0.1) is 13.1 Å². The number of hydrogen-bond acceptors (Lipinski definition) is 3. The first-order valence-corrected chi connectivity index (χ1v) is 9.01. The van der Waals surface area contributed by atoms with Crippen LogP contribution in [0.15, 0.2) is 20.4 Å². The molecule has 6 heteroatoms. The minimum Gasteiger partial charge on any atom is -0.341 e. The third kappa shape index (κ3) is 2.86. The molecule has 1 saturated carbocycles. The average molecular weight is 420 g/mol. The van der Waals surface area contributed by atoms with Gasteiger partial charge in [-0.15, -0.1) is 11.3 Å². The SMILES string of the molecule is S=c1nc(-c2ccc(Br)s2)[nH]c(C2CCCC2)c1Br. The number of H-pyrrole nitrogens is 1. The number of aromatic amines is 1.